The predicted octanol–water partition coefficient (Wildman–Crippen LogP) is 12.6. The monoisotopic (exact) mass is 638 g/mol. The lowest BCUT2D eigenvalue weighted by Gasteiger charge is -2.24. The van der Waals surface area contributed by atoms with Crippen LogP contribution in [0.15, 0.2) is 170 Å². The Morgan fingerprint density at radius 3 is 1.92 bits per heavy atom. The molecule has 10 rings (SSSR count). The van der Waals surface area contributed by atoms with E-state index >= 15 is 0 Å². The fraction of sp³-hybridized carbons (Fsp3) is 0.0625. The second-order valence-electron chi connectivity index (χ2n) is 14.0. The number of nitrogens with zero attached hydrogens (tertiary/aromatic N) is 2. The van der Waals surface area contributed by atoms with E-state index in [1.165, 1.54) is 82.8 Å². The zero-order chi connectivity index (χ0) is 33.4. The zero-order valence-corrected chi connectivity index (χ0v) is 28.1. The van der Waals surface area contributed by atoms with E-state index in [0.29, 0.717) is 0 Å². The van der Waals surface area contributed by atoms with Gasteiger partial charge in [-0.3, -0.25) is 4.98 Å². The highest BCUT2D eigenvalue weighted by Crippen LogP contribution is 2.52. The molecule has 50 heavy (non-hydrogen) atoms. The SMILES string of the molecule is CC1(C)c2ccccc2-c2cccc(-c3ccc4c(c3)c3cc(-c5cccc(-c6ccnc7ccccc67)c5)ccc3n4-c3ccccc3)c21. The van der Waals surface area contributed by atoms with Gasteiger partial charge in [0.05, 0.1) is 16.6 Å². The smallest absolute Gasteiger partial charge is 0.0708 e. The molecule has 1 aliphatic carbocycles. The Balaban J connectivity index is 1.18. The van der Waals surface area contributed by atoms with Gasteiger partial charge in [0.25, 0.3) is 0 Å². The van der Waals surface area contributed by atoms with Crippen molar-refractivity contribution in [3.05, 3.63) is 181 Å². The Labute approximate surface area is 291 Å². The van der Waals surface area contributed by atoms with Crippen LogP contribution in [0.5, 0.6) is 0 Å². The zero-order valence-electron chi connectivity index (χ0n) is 28.1. The van der Waals surface area contributed by atoms with Crippen LogP contribution in [-0.4, -0.2) is 9.55 Å². The first-order valence-electron chi connectivity index (χ1n) is 17.4. The van der Waals surface area contributed by atoms with Gasteiger partial charge in [0.15, 0.2) is 0 Å². The van der Waals surface area contributed by atoms with E-state index in [0.717, 1.165) is 11.2 Å². The Bertz CT molecular complexity index is 2780. The molecular formula is C48H34N2. The van der Waals surface area contributed by atoms with Crippen molar-refractivity contribution in [3.8, 4) is 50.2 Å². The van der Waals surface area contributed by atoms with Crippen molar-refractivity contribution < 1.29 is 0 Å². The second-order valence-corrected chi connectivity index (χ2v) is 14.0. The van der Waals surface area contributed by atoms with Crippen LogP contribution in [0.4, 0.5) is 0 Å². The van der Waals surface area contributed by atoms with Gasteiger partial charge in [-0.15, -0.1) is 0 Å². The van der Waals surface area contributed by atoms with Gasteiger partial charge in [0.2, 0.25) is 0 Å². The number of fused-ring (bicyclic) bond motifs is 7. The van der Waals surface area contributed by atoms with Gasteiger partial charge in [0, 0.05) is 33.5 Å². The fourth-order valence-corrected chi connectivity index (χ4v) is 8.53. The summed E-state index contributed by atoms with van der Waals surface area (Å²) >= 11 is 0. The summed E-state index contributed by atoms with van der Waals surface area (Å²) in [6.45, 7) is 4.74. The first-order chi connectivity index (χ1) is 24.6. The first kappa shape index (κ1) is 28.7. The highest BCUT2D eigenvalue weighted by Gasteiger charge is 2.37. The van der Waals surface area contributed by atoms with E-state index in [9.17, 15) is 0 Å². The largest absolute Gasteiger partial charge is 0.309 e. The molecule has 0 saturated carbocycles. The fourth-order valence-electron chi connectivity index (χ4n) is 8.53. The molecule has 0 aliphatic heterocycles. The van der Waals surface area contributed by atoms with Crippen LogP contribution in [0.1, 0.15) is 25.0 Å². The Kier molecular flexibility index (Phi) is 6.25. The molecule has 2 aromatic heterocycles. The number of hydrogen-bond acceptors (Lipinski definition) is 1. The lowest BCUT2D eigenvalue weighted by Crippen LogP contribution is -2.16. The third-order valence-electron chi connectivity index (χ3n) is 10.8. The second kappa shape index (κ2) is 10.9. The number of rotatable bonds is 4. The van der Waals surface area contributed by atoms with Crippen LogP contribution in [-0.2, 0) is 5.41 Å². The summed E-state index contributed by atoms with van der Waals surface area (Å²) in [6, 6.07) is 59.9. The van der Waals surface area contributed by atoms with E-state index in [-0.39, 0.29) is 5.41 Å². The minimum Gasteiger partial charge on any atom is -0.309 e. The average molecular weight is 639 g/mol. The maximum absolute atomic E-state index is 4.60. The molecule has 0 bridgehead atoms. The molecule has 2 heterocycles. The summed E-state index contributed by atoms with van der Waals surface area (Å²) in [5.41, 5.74) is 17.3. The molecule has 0 amide bonds. The van der Waals surface area contributed by atoms with Crippen molar-refractivity contribution in [1.82, 2.24) is 9.55 Å². The normalized spacial score (nSPS) is 13.2. The number of aromatic nitrogens is 2. The third kappa shape index (κ3) is 4.25. The van der Waals surface area contributed by atoms with Crippen LogP contribution in [0.3, 0.4) is 0 Å². The molecule has 0 saturated heterocycles. The van der Waals surface area contributed by atoms with Gasteiger partial charge < -0.3 is 4.57 Å². The summed E-state index contributed by atoms with van der Waals surface area (Å²) in [5.74, 6) is 0. The maximum atomic E-state index is 4.60. The quantitative estimate of drug-likeness (QED) is 0.188. The minimum absolute atomic E-state index is 0.0894. The van der Waals surface area contributed by atoms with E-state index in [1.54, 1.807) is 0 Å². The minimum atomic E-state index is -0.0894. The summed E-state index contributed by atoms with van der Waals surface area (Å²) < 4.78 is 2.41. The van der Waals surface area contributed by atoms with Crippen molar-refractivity contribution in [2.75, 3.05) is 0 Å². The van der Waals surface area contributed by atoms with Crippen molar-refractivity contribution >= 4 is 32.7 Å². The Morgan fingerprint density at radius 1 is 0.440 bits per heavy atom. The molecule has 0 fully saturated rings. The molecule has 2 nitrogen and oxygen atoms in total. The van der Waals surface area contributed by atoms with E-state index in [1.807, 2.05) is 12.3 Å². The van der Waals surface area contributed by atoms with Crippen LogP contribution in [0, 0.1) is 0 Å². The van der Waals surface area contributed by atoms with Crippen LogP contribution >= 0.6 is 0 Å². The summed E-state index contributed by atoms with van der Waals surface area (Å²) in [7, 11) is 0. The molecule has 7 aromatic carbocycles. The van der Waals surface area contributed by atoms with Crippen molar-refractivity contribution in [2.24, 2.45) is 0 Å². The van der Waals surface area contributed by atoms with E-state index in [4.69, 9.17) is 0 Å². The molecule has 9 aromatic rings. The van der Waals surface area contributed by atoms with E-state index in [2.05, 4.69) is 181 Å². The van der Waals surface area contributed by atoms with Gasteiger partial charge >= 0.3 is 0 Å². The molecule has 2 heteroatoms. The Morgan fingerprint density at radius 2 is 1.06 bits per heavy atom. The average Bonchev–Trinajstić information content (AvgIpc) is 3.62. The lowest BCUT2D eigenvalue weighted by molar-refractivity contribution is 0.662. The van der Waals surface area contributed by atoms with Crippen molar-refractivity contribution in [3.63, 3.8) is 0 Å². The van der Waals surface area contributed by atoms with Crippen LogP contribution in [0.2, 0.25) is 0 Å². The van der Waals surface area contributed by atoms with Crippen LogP contribution in [0.25, 0.3) is 82.9 Å². The number of pyridine rings is 1. The molecule has 0 unspecified atom stereocenters. The molecule has 1 aliphatic rings. The topological polar surface area (TPSA) is 17.8 Å². The highest BCUT2D eigenvalue weighted by atomic mass is 15.0. The van der Waals surface area contributed by atoms with Gasteiger partial charge in [-0.2, -0.15) is 0 Å². The lowest BCUT2D eigenvalue weighted by atomic mass is 9.79. The van der Waals surface area contributed by atoms with Gasteiger partial charge in [0.1, 0.15) is 0 Å². The summed E-state index contributed by atoms with van der Waals surface area (Å²) in [5, 5.41) is 3.67. The third-order valence-corrected chi connectivity index (χ3v) is 10.8. The van der Waals surface area contributed by atoms with Gasteiger partial charge in [-0.05, 0) is 110 Å². The number of hydrogen-bond donors (Lipinski definition) is 0. The molecule has 236 valence electrons. The van der Waals surface area contributed by atoms with Gasteiger partial charge in [-0.25, -0.2) is 0 Å². The summed E-state index contributed by atoms with van der Waals surface area (Å²) in [4.78, 5) is 4.60. The summed E-state index contributed by atoms with van der Waals surface area (Å²) in [6.07, 6.45) is 1.91. The molecule has 0 atom stereocenters. The standard InChI is InChI=1S/C48H34N2/c1-48(2)43-20-8-6-16-38(43)40-19-11-18-37(47(40)48)34-23-25-46-42(30-34)41-29-32(22-24-45(41)50(46)35-14-4-3-5-15-35)31-12-10-13-33(28-31)36-26-27-49-44-21-9-7-17-39(36)44/h3-30H,1-2H3. The Hall–Kier alpha value is -6.25. The molecule has 0 N–H and O–H groups in total. The van der Waals surface area contributed by atoms with E-state index < -0.39 is 0 Å². The highest BCUT2D eigenvalue weighted by molar-refractivity contribution is 6.12. The number of para-hydroxylation sites is 2. The molecular weight excluding hydrogens is 605 g/mol. The maximum Gasteiger partial charge on any atom is 0.0708 e. The number of benzene rings is 7. The molecule has 0 radical (unpaired) electrons. The van der Waals surface area contributed by atoms with Gasteiger partial charge in [-0.1, -0.05) is 123 Å². The predicted molar refractivity (Wildman–Crippen MR) is 210 cm³/mol. The first-order valence-corrected chi connectivity index (χ1v) is 17.4. The van der Waals surface area contributed by atoms with Crippen LogP contribution < -0.4 is 0 Å². The molecule has 0 spiro atoms. The van der Waals surface area contributed by atoms with Crippen molar-refractivity contribution in [1.29, 1.82) is 0 Å². The van der Waals surface area contributed by atoms with Crippen molar-refractivity contribution in [2.45, 2.75) is 19.3 Å².